The molecule has 0 radical (unpaired) electrons. The highest BCUT2D eigenvalue weighted by Gasteiger charge is 2.09. The monoisotopic (exact) mass is 334 g/mol. The Morgan fingerprint density at radius 1 is 1.40 bits per heavy atom. The van der Waals surface area contributed by atoms with E-state index < -0.39 is 22.0 Å². The molecule has 0 amide bonds. The fourth-order valence-corrected chi connectivity index (χ4v) is 1.12. The van der Waals surface area contributed by atoms with Crippen LogP contribution >= 0.6 is 16.1 Å². The van der Waals surface area contributed by atoms with E-state index in [1.807, 2.05) is 21.1 Å². The summed E-state index contributed by atoms with van der Waals surface area (Å²) >= 11 is 0. The second-order valence-electron chi connectivity index (χ2n) is 4.41. The second kappa shape index (κ2) is 10.2. The maximum absolute atomic E-state index is 11.0. The molecule has 0 aromatic rings. The molecular formula is C9H22NO8P2+. The third kappa shape index (κ3) is 19.8. The molecule has 0 spiro atoms. The van der Waals surface area contributed by atoms with Crippen LogP contribution in [0.5, 0.6) is 0 Å². The summed E-state index contributed by atoms with van der Waals surface area (Å²) < 4.78 is 33.9. The van der Waals surface area contributed by atoms with Crippen molar-refractivity contribution in [2.45, 2.75) is 0 Å². The topological polar surface area (TPSA) is 119 Å². The largest absolute Gasteiger partial charge is 0.469 e. The van der Waals surface area contributed by atoms with E-state index in [0.29, 0.717) is 17.6 Å². The average molecular weight is 334 g/mol. The molecular weight excluding hydrogens is 312 g/mol. The summed E-state index contributed by atoms with van der Waals surface area (Å²) in [4.78, 5) is 26.0. The summed E-state index contributed by atoms with van der Waals surface area (Å²) in [6.45, 7) is 4.17. The Balaban J connectivity index is 0. The average Bonchev–Trinajstić information content (AvgIpc) is 2.26. The number of carbonyl (C=O) groups is 1. The first-order chi connectivity index (χ1) is 8.91. The van der Waals surface area contributed by atoms with Crippen molar-refractivity contribution in [3.63, 3.8) is 0 Å². The van der Waals surface area contributed by atoms with Gasteiger partial charge < -0.3 is 18.8 Å². The summed E-state index contributed by atoms with van der Waals surface area (Å²) in [6, 6.07) is 0. The lowest BCUT2D eigenvalue weighted by Crippen LogP contribution is -2.37. The number of phosphoric ester groups is 1. The van der Waals surface area contributed by atoms with E-state index in [2.05, 4.69) is 15.6 Å². The highest BCUT2D eigenvalue weighted by atomic mass is 31.2. The van der Waals surface area contributed by atoms with Gasteiger partial charge in [-0.15, -0.1) is 0 Å². The van der Waals surface area contributed by atoms with Gasteiger partial charge in [0.1, 0.15) is 13.2 Å². The van der Waals surface area contributed by atoms with Gasteiger partial charge in [0.2, 0.25) is 0 Å². The van der Waals surface area contributed by atoms with Crippen LogP contribution in [0, 0.1) is 0 Å². The van der Waals surface area contributed by atoms with E-state index in [0.717, 1.165) is 13.2 Å². The lowest BCUT2D eigenvalue weighted by atomic mass is 10.5. The van der Waals surface area contributed by atoms with Crippen molar-refractivity contribution >= 4 is 22.0 Å². The molecule has 0 aliphatic rings. The van der Waals surface area contributed by atoms with E-state index in [4.69, 9.17) is 14.3 Å². The Morgan fingerprint density at radius 3 is 2.15 bits per heavy atom. The lowest BCUT2D eigenvalue weighted by Gasteiger charge is -2.23. The van der Waals surface area contributed by atoms with E-state index in [9.17, 15) is 13.9 Å². The first-order valence-electron chi connectivity index (χ1n) is 5.34. The van der Waals surface area contributed by atoms with E-state index in [1.165, 1.54) is 0 Å². The van der Waals surface area contributed by atoms with Crippen LogP contribution in [0.3, 0.4) is 0 Å². The number of nitrogens with zero attached hydrogens (tertiary/aromatic N) is 1. The zero-order valence-corrected chi connectivity index (χ0v) is 13.8. The van der Waals surface area contributed by atoms with Crippen LogP contribution < -0.4 is 0 Å². The number of hydrogen-bond donors (Lipinski definition) is 2. The van der Waals surface area contributed by atoms with Crippen LogP contribution in [-0.4, -0.2) is 61.6 Å². The zero-order chi connectivity index (χ0) is 16.4. The Morgan fingerprint density at radius 2 is 1.85 bits per heavy atom. The zero-order valence-electron chi connectivity index (χ0n) is 11.9. The predicted molar refractivity (Wildman–Crippen MR) is 73.2 cm³/mol. The van der Waals surface area contributed by atoms with Gasteiger partial charge in [0.25, 0.3) is 0 Å². The molecule has 1 unspecified atom stereocenters. The molecule has 0 heterocycles. The standard InChI is InChI=1S/C8H17NO4P.CH5O4P/c1-5-8(10)13-14(11)12-7-6-9(2,3)4;1-5-6(2,3)4/h5,14H,1,6-7H2,2-4H3;1H3,(H2,2,3,4)/q+1;. The minimum absolute atomic E-state index is 0.297. The van der Waals surface area contributed by atoms with Crippen molar-refractivity contribution in [1.29, 1.82) is 0 Å². The Bertz CT molecular complexity index is 373. The molecule has 120 valence electrons. The number of likely N-dealkylation sites (N-methyl/N-ethyl adjacent to an activating group) is 1. The van der Waals surface area contributed by atoms with Crippen LogP contribution in [0.15, 0.2) is 12.7 Å². The smallest absolute Gasteiger partial charge is 0.390 e. The third-order valence-electron chi connectivity index (χ3n) is 1.57. The molecule has 1 atom stereocenters. The summed E-state index contributed by atoms with van der Waals surface area (Å²) in [7, 11) is 0.0422. The molecule has 0 bridgehead atoms. The van der Waals surface area contributed by atoms with Crippen molar-refractivity contribution in [2.24, 2.45) is 0 Å². The fraction of sp³-hybridized carbons (Fsp3) is 0.667. The molecule has 0 saturated carbocycles. The maximum atomic E-state index is 11.0. The summed E-state index contributed by atoms with van der Waals surface area (Å²) in [5, 5.41) is 0. The molecule has 20 heavy (non-hydrogen) atoms. The summed E-state index contributed by atoms with van der Waals surface area (Å²) in [6.07, 6.45) is 0.950. The molecule has 0 aromatic heterocycles. The van der Waals surface area contributed by atoms with Crippen molar-refractivity contribution in [2.75, 3.05) is 41.4 Å². The number of hydrogen-bond acceptors (Lipinski definition) is 6. The molecule has 9 nitrogen and oxygen atoms in total. The van der Waals surface area contributed by atoms with Gasteiger partial charge in [0.05, 0.1) is 21.1 Å². The van der Waals surface area contributed by atoms with Crippen molar-refractivity contribution < 1.29 is 41.8 Å². The Kier molecular flexibility index (Phi) is 11.1. The molecule has 0 aromatic carbocycles. The van der Waals surface area contributed by atoms with Gasteiger partial charge >= 0.3 is 22.0 Å². The van der Waals surface area contributed by atoms with Crippen molar-refractivity contribution in [1.82, 2.24) is 0 Å². The minimum atomic E-state index is -4.15. The fourth-order valence-electron chi connectivity index (χ4n) is 0.556. The third-order valence-corrected chi connectivity index (χ3v) is 2.85. The first-order valence-corrected chi connectivity index (χ1v) is 8.09. The van der Waals surface area contributed by atoms with Gasteiger partial charge in [-0.3, -0.25) is 9.05 Å². The maximum Gasteiger partial charge on any atom is 0.469 e. The highest BCUT2D eigenvalue weighted by Crippen LogP contribution is 2.33. The molecule has 0 saturated heterocycles. The SMILES string of the molecule is C=CC(=O)O[PH](=O)OCC[N+](C)(C)C.COP(=O)(O)O. The number of quaternary nitrogens is 1. The van der Waals surface area contributed by atoms with Crippen LogP contribution in [-0.2, 0) is 27.5 Å². The molecule has 0 aliphatic heterocycles. The molecule has 2 N–H and O–H groups in total. The quantitative estimate of drug-likeness (QED) is 0.394. The predicted octanol–water partition coefficient (Wildman–Crippen LogP) is 0.554. The van der Waals surface area contributed by atoms with E-state index in [1.54, 1.807) is 0 Å². The van der Waals surface area contributed by atoms with E-state index in [-0.39, 0.29) is 0 Å². The van der Waals surface area contributed by atoms with Crippen LogP contribution in [0.25, 0.3) is 0 Å². The van der Waals surface area contributed by atoms with Gasteiger partial charge in [-0.05, 0) is 0 Å². The first kappa shape index (κ1) is 21.8. The van der Waals surface area contributed by atoms with Gasteiger partial charge in [-0.2, -0.15) is 0 Å². The van der Waals surface area contributed by atoms with Crippen molar-refractivity contribution in [3.8, 4) is 0 Å². The molecule has 11 heteroatoms. The van der Waals surface area contributed by atoms with Gasteiger partial charge in [-0.1, -0.05) is 6.58 Å². The normalized spacial score (nSPS) is 12.9. The minimum Gasteiger partial charge on any atom is -0.390 e. The van der Waals surface area contributed by atoms with Crippen LogP contribution in [0.2, 0.25) is 0 Å². The summed E-state index contributed by atoms with van der Waals surface area (Å²) in [5.74, 6) is -0.723. The van der Waals surface area contributed by atoms with Gasteiger partial charge in [0.15, 0.2) is 0 Å². The van der Waals surface area contributed by atoms with Gasteiger partial charge in [0, 0.05) is 13.2 Å². The summed E-state index contributed by atoms with van der Waals surface area (Å²) in [5.41, 5.74) is 0. The Labute approximate surface area is 118 Å². The molecule has 0 aliphatic carbocycles. The second-order valence-corrected chi connectivity index (χ2v) is 6.75. The number of phosphoric acid groups is 1. The van der Waals surface area contributed by atoms with E-state index >= 15 is 0 Å². The molecule has 0 rings (SSSR count). The van der Waals surface area contributed by atoms with Crippen LogP contribution in [0.4, 0.5) is 0 Å². The Hall–Kier alpha value is -0.530. The van der Waals surface area contributed by atoms with Crippen LogP contribution in [0.1, 0.15) is 0 Å². The van der Waals surface area contributed by atoms with Gasteiger partial charge in [-0.25, -0.2) is 13.9 Å². The molecule has 0 fully saturated rings. The highest BCUT2D eigenvalue weighted by molar-refractivity contribution is 7.46. The number of carbonyl (C=O) groups excluding carboxylic acids is 1. The number of rotatable bonds is 7. The lowest BCUT2D eigenvalue weighted by molar-refractivity contribution is -0.870. The van der Waals surface area contributed by atoms with Crippen molar-refractivity contribution in [3.05, 3.63) is 12.7 Å².